The maximum Gasteiger partial charge on any atom is 0.573 e. The molecule has 0 radical (unpaired) electrons. The van der Waals surface area contributed by atoms with E-state index in [9.17, 15) is 21.6 Å². The molecule has 3 rings (SSSR count). The Hall–Kier alpha value is -2.60. The standard InChI is InChI=1S/C17H18F3N3O5S/c1-26-16-21-9-8-15(22-16)27-12-5-4-10-23(11-12)29(24,25)14-7-3-2-6-13(14)28-17(18,19)20/h2-3,6-9,12H,4-5,10-11H2,1H3. The quantitative estimate of drug-likeness (QED) is 0.692. The van der Waals surface area contributed by atoms with Crippen LogP contribution in [0, 0.1) is 0 Å². The molecule has 1 atom stereocenters. The predicted molar refractivity (Wildman–Crippen MR) is 94.1 cm³/mol. The lowest BCUT2D eigenvalue weighted by atomic mass is 10.1. The molecule has 0 N–H and O–H groups in total. The average molecular weight is 433 g/mol. The molecule has 0 amide bonds. The third kappa shape index (κ3) is 5.26. The van der Waals surface area contributed by atoms with Crippen LogP contribution in [-0.2, 0) is 10.0 Å². The van der Waals surface area contributed by atoms with Crippen molar-refractivity contribution in [2.45, 2.75) is 30.2 Å². The minimum Gasteiger partial charge on any atom is -0.473 e. The Morgan fingerprint density at radius 2 is 1.97 bits per heavy atom. The topological polar surface area (TPSA) is 90.9 Å². The number of nitrogens with zero attached hydrogens (tertiary/aromatic N) is 3. The summed E-state index contributed by atoms with van der Waals surface area (Å²) in [6, 6.07) is 6.25. The van der Waals surface area contributed by atoms with Gasteiger partial charge in [-0.1, -0.05) is 12.1 Å². The molecule has 1 unspecified atom stereocenters. The van der Waals surface area contributed by atoms with Crippen molar-refractivity contribution in [3.05, 3.63) is 36.5 Å². The van der Waals surface area contributed by atoms with Crippen molar-refractivity contribution in [1.29, 1.82) is 0 Å². The number of halogens is 3. The second-order valence-electron chi connectivity index (χ2n) is 6.12. The first-order chi connectivity index (χ1) is 13.7. The van der Waals surface area contributed by atoms with Crippen molar-refractivity contribution in [2.75, 3.05) is 20.2 Å². The Kier molecular flexibility index (Phi) is 6.13. The first-order valence-corrected chi connectivity index (χ1v) is 10.0. The van der Waals surface area contributed by atoms with E-state index in [1.807, 2.05) is 0 Å². The number of para-hydroxylation sites is 1. The maximum absolute atomic E-state index is 13.0. The minimum atomic E-state index is -5.01. The Labute approximate surface area is 165 Å². The lowest BCUT2D eigenvalue weighted by Crippen LogP contribution is -2.44. The third-order valence-corrected chi connectivity index (χ3v) is 6.02. The zero-order valence-corrected chi connectivity index (χ0v) is 16.1. The van der Waals surface area contributed by atoms with Gasteiger partial charge in [0.1, 0.15) is 16.7 Å². The van der Waals surface area contributed by atoms with Crippen LogP contribution in [0.1, 0.15) is 12.8 Å². The molecule has 0 spiro atoms. The van der Waals surface area contributed by atoms with Gasteiger partial charge in [0.2, 0.25) is 15.9 Å². The molecule has 0 aliphatic carbocycles. The molecule has 1 saturated heterocycles. The van der Waals surface area contributed by atoms with Gasteiger partial charge in [-0.2, -0.15) is 9.29 Å². The van der Waals surface area contributed by atoms with Gasteiger partial charge in [-0.05, 0) is 25.0 Å². The van der Waals surface area contributed by atoms with E-state index in [1.54, 1.807) is 0 Å². The second-order valence-corrected chi connectivity index (χ2v) is 8.03. The highest BCUT2D eigenvalue weighted by molar-refractivity contribution is 7.89. The van der Waals surface area contributed by atoms with Gasteiger partial charge in [0.25, 0.3) is 0 Å². The molecule has 158 valence electrons. The van der Waals surface area contributed by atoms with Crippen LogP contribution in [0.15, 0.2) is 41.4 Å². The summed E-state index contributed by atoms with van der Waals surface area (Å²) >= 11 is 0. The van der Waals surface area contributed by atoms with E-state index in [4.69, 9.17) is 9.47 Å². The molecule has 1 aliphatic rings. The SMILES string of the molecule is COc1nccc(OC2CCCN(S(=O)(=O)c3ccccc3OC(F)(F)F)C2)n1. The highest BCUT2D eigenvalue weighted by Crippen LogP contribution is 2.32. The largest absolute Gasteiger partial charge is 0.573 e. The van der Waals surface area contributed by atoms with Crippen molar-refractivity contribution in [1.82, 2.24) is 14.3 Å². The van der Waals surface area contributed by atoms with Crippen LogP contribution in [0.4, 0.5) is 13.2 Å². The van der Waals surface area contributed by atoms with E-state index in [0.29, 0.717) is 12.8 Å². The smallest absolute Gasteiger partial charge is 0.473 e. The summed E-state index contributed by atoms with van der Waals surface area (Å²) in [4.78, 5) is 7.32. The maximum atomic E-state index is 13.0. The zero-order chi connectivity index (χ0) is 21.1. The van der Waals surface area contributed by atoms with Gasteiger partial charge in [0.15, 0.2) is 0 Å². The average Bonchev–Trinajstić information content (AvgIpc) is 2.67. The fourth-order valence-corrected chi connectivity index (χ4v) is 4.52. The van der Waals surface area contributed by atoms with Crippen LogP contribution >= 0.6 is 0 Å². The molecule has 12 heteroatoms. The van der Waals surface area contributed by atoms with Crippen molar-refractivity contribution in [3.63, 3.8) is 0 Å². The summed E-state index contributed by atoms with van der Waals surface area (Å²) in [5.41, 5.74) is 0. The third-order valence-electron chi connectivity index (χ3n) is 4.11. The van der Waals surface area contributed by atoms with Crippen LogP contribution in [0.3, 0.4) is 0 Å². The number of alkyl halides is 3. The van der Waals surface area contributed by atoms with E-state index < -0.39 is 33.1 Å². The first-order valence-electron chi connectivity index (χ1n) is 8.57. The van der Waals surface area contributed by atoms with Crippen molar-refractivity contribution >= 4 is 10.0 Å². The van der Waals surface area contributed by atoms with Gasteiger partial charge in [-0.15, -0.1) is 13.2 Å². The Bertz CT molecular complexity index is 955. The van der Waals surface area contributed by atoms with Crippen LogP contribution in [0.25, 0.3) is 0 Å². The number of sulfonamides is 1. The van der Waals surface area contributed by atoms with Crippen LogP contribution in [0.5, 0.6) is 17.6 Å². The number of methoxy groups -OCH3 is 1. The summed E-state index contributed by atoms with van der Waals surface area (Å²) in [7, 11) is -2.83. The Morgan fingerprint density at radius 3 is 2.69 bits per heavy atom. The van der Waals surface area contributed by atoms with E-state index in [-0.39, 0.29) is 25.0 Å². The molecule has 2 heterocycles. The van der Waals surface area contributed by atoms with E-state index >= 15 is 0 Å². The van der Waals surface area contributed by atoms with Crippen molar-refractivity contribution in [2.24, 2.45) is 0 Å². The van der Waals surface area contributed by atoms with Gasteiger partial charge in [-0.3, -0.25) is 0 Å². The fourth-order valence-electron chi connectivity index (χ4n) is 2.89. The van der Waals surface area contributed by atoms with Crippen molar-refractivity contribution in [3.8, 4) is 17.6 Å². The van der Waals surface area contributed by atoms with Gasteiger partial charge >= 0.3 is 12.4 Å². The molecule has 1 aromatic heterocycles. The van der Waals surface area contributed by atoms with Crippen LogP contribution in [-0.4, -0.2) is 55.4 Å². The molecule has 29 heavy (non-hydrogen) atoms. The Balaban J connectivity index is 1.79. The number of ether oxygens (including phenoxy) is 3. The predicted octanol–water partition coefficient (Wildman–Crippen LogP) is 2.62. The van der Waals surface area contributed by atoms with Gasteiger partial charge < -0.3 is 14.2 Å². The number of hydrogen-bond acceptors (Lipinski definition) is 7. The highest BCUT2D eigenvalue weighted by Gasteiger charge is 2.37. The van der Waals surface area contributed by atoms with Gasteiger partial charge in [0, 0.05) is 18.8 Å². The second kappa shape index (κ2) is 8.41. The molecule has 1 fully saturated rings. The monoisotopic (exact) mass is 433 g/mol. The van der Waals surface area contributed by atoms with Gasteiger partial charge in [0.05, 0.1) is 13.7 Å². The summed E-state index contributed by atoms with van der Waals surface area (Å²) in [6.45, 7) is 0.102. The Morgan fingerprint density at radius 1 is 1.21 bits per heavy atom. The summed E-state index contributed by atoms with van der Waals surface area (Å²) < 4.78 is 79.5. The number of rotatable bonds is 6. The van der Waals surface area contributed by atoms with Crippen LogP contribution < -0.4 is 14.2 Å². The van der Waals surface area contributed by atoms with Crippen LogP contribution in [0.2, 0.25) is 0 Å². The molecule has 0 saturated carbocycles. The normalized spacial score (nSPS) is 18.3. The number of piperidine rings is 1. The molecule has 0 bridgehead atoms. The lowest BCUT2D eigenvalue weighted by Gasteiger charge is -2.32. The molecule has 8 nitrogen and oxygen atoms in total. The zero-order valence-electron chi connectivity index (χ0n) is 15.3. The molecular weight excluding hydrogens is 415 g/mol. The first kappa shape index (κ1) is 21.1. The minimum absolute atomic E-state index is 0.0466. The van der Waals surface area contributed by atoms with E-state index in [1.165, 1.54) is 31.5 Å². The summed E-state index contributed by atoms with van der Waals surface area (Å²) in [6.07, 6.45) is -3.09. The van der Waals surface area contributed by atoms with E-state index in [2.05, 4.69) is 14.7 Å². The lowest BCUT2D eigenvalue weighted by molar-refractivity contribution is -0.275. The van der Waals surface area contributed by atoms with E-state index in [0.717, 1.165) is 16.4 Å². The molecular formula is C17H18F3N3O5S. The molecule has 2 aromatic rings. The fraction of sp³-hybridized carbons (Fsp3) is 0.412. The van der Waals surface area contributed by atoms with Gasteiger partial charge in [-0.25, -0.2) is 13.4 Å². The number of benzene rings is 1. The molecule has 1 aromatic carbocycles. The summed E-state index contributed by atoms with van der Waals surface area (Å²) in [5, 5.41) is 0. The summed E-state index contributed by atoms with van der Waals surface area (Å²) in [5.74, 6) is -0.564. The number of aromatic nitrogens is 2. The molecule has 1 aliphatic heterocycles. The number of hydrogen-bond donors (Lipinski definition) is 0. The van der Waals surface area contributed by atoms with Crippen molar-refractivity contribution < 1.29 is 35.8 Å². The highest BCUT2D eigenvalue weighted by atomic mass is 32.2.